The van der Waals surface area contributed by atoms with E-state index in [9.17, 15) is 9.59 Å². The van der Waals surface area contributed by atoms with Gasteiger partial charge in [-0.25, -0.2) is 9.59 Å². The van der Waals surface area contributed by atoms with Crippen molar-refractivity contribution in [3.63, 3.8) is 0 Å². The second-order valence-electron chi connectivity index (χ2n) is 6.12. The molecule has 0 radical (unpaired) electrons. The maximum absolute atomic E-state index is 11.9. The molecule has 0 N–H and O–H groups in total. The van der Waals surface area contributed by atoms with Crippen LogP contribution in [-0.4, -0.2) is 11.9 Å². The summed E-state index contributed by atoms with van der Waals surface area (Å²) in [4.78, 5) is 23.7. The lowest BCUT2D eigenvalue weighted by molar-refractivity contribution is -0.130. The van der Waals surface area contributed by atoms with Gasteiger partial charge >= 0.3 is 11.9 Å². The van der Waals surface area contributed by atoms with Crippen LogP contribution >= 0.6 is 0 Å². The first-order valence-electron chi connectivity index (χ1n) is 8.31. The Hall–Kier alpha value is -2.88. The van der Waals surface area contributed by atoms with Crippen molar-refractivity contribution in [2.75, 3.05) is 0 Å². The van der Waals surface area contributed by atoms with Crippen molar-refractivity contribution >= 4 is 22.7 Å². The molecule has 25 heavy (non-hydrogen) atoms. The minimum absolute atomic E-state index is 0.494. The predicted octanol–water partition coefficient (Wildman–Crippen LogP) is 4.21. The lowest BCUT2D eigenvalue weighted by Crippen LogP contribution is -2.14. The number of hydrogen-bond acceptors (Lipinski definition) is 4. The SMILES string of the molecule is C=CC(=O)Oc1c2c(c(OC(=O)C=C)c3cc(C)ccc13)CCCC2. The topological polar surface area (TPSA) is 52.6 Å². The highest BCUT2D eigenvalue weighted by molar-refractivity contribution is 6.00. The smallest absolute Gasteiger partial charge is 0.335 e. The molecule has 0 amide bonds. The van der Waals surface area contributed by atoms with Gasteiger partial charge < -0.3 is 9.47 Å². The van der Waals surface area contributed by atoms with E-state index < -0.39 is 11.9 Å². The molecule has 2 aromatic carbocycles. The Labute approximate surface area is 146 Å². The fraction of sp³-hybridized carbons (Fsp3) is 0.238. The summed E-state index contributed by atoms with van der Waals surface area (Å²) in [6.45, 7) is 8.92. The van der Waals surface area contributed by atoms with Crippen LogP contribution in [0.3, 0.4) is 0 Å². The van der Waals surface area contributed by atoms with Crippen LogP contribution in [-0.2, 0) is 22.4 Å². The summed E-state index contributed by atoms with van der Waals surface area (Å²) >= 11 is 0. The van der Waals surface area contributed by atoms with Gasteiger partial charge in [0.1, 0.15) is 11.5 Å². The molecule has 0 heterocycles. The molecule has 1 aliphatic rings. The van der Waals surface area contributed by atoms with Crippen LogP contribution in [0.1, 0.15) is 29.5 Å². The monoisotopic (exact) mass is 336 g/mol. The van der Waals surface area contributed by atoms with E-state index in [1.807, 2.05) is 25.1 Å². The van der Waals surface area contributed by atoms with Gasteiger partial charge in [0.15, 0.2) is 0 Å². The van der Waals surface area contributed by atoms with Crippen molar-refractivity contribution in [3.05, 3.63) is 60.2 Å². The maximum Gasteiger partial charge on any atom is 0.335 e. The number of esters is 2. The molecule has 0 unspecified atom stereocenters. The van der Waals surface area contributed by atoms with Crippen LogP contribution in [0.15, 0.2) is 43.5 Å². The van der Waals surface area contributed by atoms with Crippen molar-refractivity contribution in [2.45, 2.75) is 32.6 Å². The first-order chi connectivity index (χ1) is 12.0. The van der Waals surface area contributed by atoms with E-state index in [2.05, 4.69) is 13.2 Å². The molecule has 0 aliphatic heterocycles. The maximum atomic E-state index is 11.9. The number of ether oxygens (including phenoxy) is 2. The third-order valence-corrected chi connectivity index (χ3v) is 4.42. The fourth-order valence-corrected chi connectivity index (χ4v) is 3.29. The zero-order chi connectivity index (χ0) is 18.0. The lowest BCUT2D eigenvalue weighted by Gasteiger charge is -2.24. The van der Waals surface area contributed by atoms with E-state index in [1.54, 1.807) is 0 Å². The van der Waals surface area contributed by atoms with E-state index >= 15 is 0 Å². The van der Waals surface area contributed by atoms with Crippen LogP contribution in [0.2, 0.25) is 0 Å². The zero-order valence-electron chi connectivity index (χ0n) is 14.3. The van der Waals surface area contributed by atoms with Gasteiger partial charge in [-0.1, -0.05) is 30.9 Å². The largest absolute Gasteiger partial charge is 0.422 e. The normalized spacial score (nSPS) is 13.0. The number of rotatable bonds is 4. The van der Waals surface area contributed by atoms with Crippen molar-refractivity contribution in [3.8, 4) is 11.5 Å². The second kappa shape index (κ2) is 6.93. The third kappa shape index (κ3) is 3.20. The third-order valence-electron chi connectivity index (χ3n) is 4.42. The van der Waals surface area contributed by atoms with Crippen LogP contribution in [0, 0.1) is 6.92 Å². The summed E-state index contributed by atoms with van der Waals surface area (Å²) in [6.07, 6.45) is 5.86. The van der Waals surface area contributed by atoms with Gasteiger partial charge in [0.05, 0.1) is 0 Å². The molecule has 0 fully saturated rings. The molecule has 0 spiro atoms. The highest BCUT2D eigenvalue weighted by Gasteiger charge is 2.25. The number of benzene rings is 2. The molecule has 0 aromatic heterocycles. The molecule has 2 aromatic rings. The Morgan fingerprint density at radius 1 is 0.920 bits per heavy atom. The minimum atomic E-state index is -0.495. The van der Waals surface area contributed by atoms with Crippen molar-refractivity contribution in [1.29, 1.82) is 0 Å². The van der Waals surface area contributed by atoms with Gasteiger partial charge in [-0.15, -0.1) is 0 Å². The molecule has 0 bridgehead atoms. The average molecular weight is 336 g/mol. The van der Waals surface area contributed by atoms with Gasteiger partial charge in [-0.2, -0.15) is 0 Å². The molecule has 0 saturated heterocycles. The predicted molar refractivity (Wildman–Crippen MR) is 97.0 cm³/mol. The lowest BCUT2D eigenvalue weighted by atomic mass is 9.87. The van der Waals surface area contributed by atoms with Gasteiger partial charge in [0.25, 0.3) is 0 Å². The van der Waals surface area contributed by atoms with E-state index in [1.165, 1.54) is 0 Å². The van der Waals surface area contributed by atoms with Crippen molar-refractivity contribution in [2.24, 2.45) is 0 Å². The summed E-state index contributed by atoms with van der Waals surface area (Å²) in [5.41, 5.74) is 2.90. The van der Waals surface area contributed by atoms with Gasteiger partial charge in [-0.3, -0.25) is 0 Å². The van der Waals surface area contributed by atoms with Crippen molar-refractivity contribution < 1.29 is 19.1 Å². The standard InChI is InChI=1S/C21H20O4/c1-4-18(22)24-20-14-8-6-7-9-15(14)21(25-19(23)5-2)17-12-13(3)10-11-16(17)20/h4-5,10-12H,1-2,6-9H2,3H3. The molecular weight excluding hydrogens is 316 g/mol. The van der Waals surface area contributed by atoms with Gasteiger partial charge in [0.2, 0.25) is 0 Å². The number of aryl methyl sites for hydroxylation is 1. The summed E-state index contributed by atoms with van der Waals surface area (Å²) in [5.74, 6) is 0.113. The fourth-order valence-electron chi connectivity index (χ4n) is 3.29. The Bertz CT molecular complexity index is 893. The Morgan fingerprint density at radius 3 is 1.96 bits per heavy atom. The van der Waals surface area contributed by atoms with E-state index in [-0.39, 0.29) is 0 Å². The molecule has 128 valence electrons. The van der Waals surface area contributed by atoms with Crippen molar-refractivity contribution in [1.82, 2.24) is 0 Å². The molecule has 3 rings (SSSR count). The van der Waals surface area contributed by atoms with Gasteiger partial charge in [-0.05, 0) is 38.7 Å². The first kappa shape index (κ1) is 17.0. The first-order valence-corrected chi connectivity index (χ1v) is 8.31. The summed E-state index contributed by atoms with van der Waals surface area (Å²) in [6, 6.07) is 5.79. The zero-order valence-corrected chi connectivity index (χ0v) is 14.3. The molecule has 0 saturated carbocycles. The van der Waals surface area contributed by atoms with E-state index in [4.69, 9.17) is 9.47 Å². The number of carbonyl (C=O) groups is 2. The van der Waals surface area contributed by atoms with Crippen LogP contribution in [0.4, 0.5) is 0 Å². The van der Waals surface area contributed by atoms with Crippen LogP contribution in [0.5, 0.6) is 11.5 Å². The van der Waals surface area contributed by atoms with Crippen LogP contribution < -0.4 is 9.47 Å². The van der Waals surface area contributed by atoms with E-state index in [0.29, 0.717) is 11.5 Å². The number of hydrogen-bond donors (Lipinski definition) is 0. The van der Waals surface area contributed by atoms with Crippen LogP contribution in [0.25, 0.3) is 10.8 Å². The Kier molecular flexibility index (Phi) is 4.70. The number of carbonyl (C=O) groups excluding carboxylic acids is 2. The Morgan fingerprint density at radius 2 is 1.44 bits per heavy atom. The Balaban J connectivity index is 2.34. The molecule has 4 heteroatoms. The summed E-state index contributed by atoms with van der Waals surface area (Å²) < 4.78 is 11.2. The summed E-state index contributed by atoms with van der Waals surface area (Å²) in [7, 11) is 0. The molecule has 4 nitrogen and oxygen atoms in total. The number of fused-ring (bicyclic) bond motifs is 2. The minimum Gasteiger partial charge on any atom is -0.422 e. The molecule has 1 aliphatic carbocycles. The molecular formula is C21H20O4. The van der Waals surface area contributed by atoms with Gasteiger partial charge in [0, 0.05) is 34.1 Å². The average Bonchev–Trinajstić information content (AvgIpc) is 2.63. The second-order valence-corrected chi connectivity index (χ2v) is 6.12. The highest BCUT2D eigenvalue weighted by Crippen LogP contribution is 2.44. The molecule has 0 atom stereocenters. The van der Waals surface area contributed by atoms with E-state index in [0.717, 1.165) is 65.3 Å². The summed E-state index contributed by atoms with van der Waals surface area (Å²) in [5, 5.41) is 1.52. The highest BCUT2D eigenvalue weighted by atomic mass is 16.5. The quantitative estimate of drug-likeness (QED) is 0.477.